The van der Waals surface area contributed by atoms with Gasteiger partial charge in [0.15, 0.2) is 0 Å². The summed E-state index contributed by atoms with van der Waals surface area (Å²) >= 11 is 0. The van der Waals surface area contributed by atoms with Crippen LogP contribution in [0.5, 0.6) is 0 Å². The fourth-order valence-electron chi connectivity index (χ4n) is 1.86. The molecule has 0 amide bonds. The summed E-state index contributed by atoms with van der Waals surface area (Å²) in [6.07, 6.45) is 0. The van der Waals surface area contributed by atoms with Gasteiger partial charge in [0.2, 0.25) is 0 Å². The van der Waals surface area contributed by atoms with E-state index in [2.05, 4.69) is 34.6 Å². The molecule has 0 atom stereocenters. The van der Waals surface area contributed by atoms with Gasteiger partial charge in [0.25, 0.3) is 5.56 Å². The number of hydrogen-bond acceptors (Lipinski definition) is 2. The summed E-state index contributed by atoms with van der Waals surface area (Å²) < 4.78 is 1.74. The molecule has 0 radical (unpaired) electrons. The third kappa shape index (κ3) is 2.97. The standard InChI is InChI=1S/C14H20N2O/c1-10(2)9-16-12(14(3,4)5)7-6-11(8-15)13(16)17/h6-7,10H,9H2,1-5H3. The van der Waals surface area contributed by atoms with Gasteiger partial charge in [-0.15, -0.1) is 0 Å². The van der Waals surface area contributed by atoms with Crippen molar-refractivity contribution >= 4 is 0 Å². The highest BCUT2D eigenvalue weighted by Gasteiger charge is 2.20. The lowest BCUT2D eigenvalue weighted by atomic mass is 9.90. The first-order chi connectivity index (χ1) is 7.77. The summed E-state index contributed by atoms with van der Waals surface area (Å²) in [5.41, 5.74) is 0.935. The maximum absolute atomic E-state index is 12.1. The van der Waals surface area contributed by atoms with E-state index < -0.39 is 0 Å². The van der Waals surface area contributed by atoms with Gasteiger partial charge in [0, 0.05) is 17.7 Å². The van der Waals surface area contributed by atoms with E-state index in [1.807, 2.05) is 12.1 Å². The molecule has 0 fully saturated rings. The zero-order chi connectivity index (χ0) is 13.2. The molecule has 1 heterocycles. The number of hydrogen-bond donors (Lipinski definition) is 0. The van der Waals surface area contributed by atoms with Crippen molar-refractivity contribution in [2.45, 2.75) is 46.6 Å². The summed E-state index contributed by atoms with van der Waals surface area (Å²) in [5, 5.41) is 8.91. The van der Waals surface area contributed by atoms with Crippen molar-refractivity contribution in [2.24, 2.45) is 5.92 Å². The van der Waals surface area contributed by atoms with Crippen molar-refractivity contribution in [3.05, 3.63) is 33.7 Å². The van der Waals surface area contributed by atoms with E-state index in [4.69, 9.17) is 5.26 Å². The summed E-state index contributed by atoms with van der Waals surface area (Å²) in [5.74, 6) is 0.378. The van der Waals surface area contributed by atoms with Crippen molar-refractivity contribution in [2.75, 3.05) is 0 Å². The van der Waals surface area contributed by atoms with Gasteiger partial charge in [0.05, 0.1) is 0 Å². The zero-order valence-electron chi connectivity index (χ0n) is 11.2. The predicted molar refractivity (Wildman–Crippen MR) is 69.0 cm³/mol. The summed E-state index contributed by atoms with van der Waals surface area (Å²) in [6.45, 7) is 11.0. The summed E-state index contributed by atoms with van der Waals surface area (Å²) in [4.78, 5) is 12.1. The molecule has 1 rings (SSSR count). The molecular formula is C14H20N2O. The van der Waals surface area contributed by atoms with E-state index in [0.29, 0.717) is 12.5 Å². The Bertz CT molecular complexity index is 498. The Labute approximate surface area is 103 Å². The van der Waals surface area contributed by atoms with Gasteiger partial charge < -0.3 is 4.57 Å². The van der Waals surface area contributed by atoms with Crippen LogP contribution in [0.1, 0.15) is 45.9 Å². The molecule has 0 N–H and O–H groups in total. The monoisotopic (exact) mass is 232 g/mol. The van der Waals surface area contributed by atoms with Gasteiger partial charge in [-0.3, -0.25) is 4.79 Å². The fraction of sp³-hybridized carbons (Fsp3) is 0.571. The Kier molecular flexibility index (Phi) is 3.77. The molecule has 0 aliphatic rings. The fourth-order valence-corrected chi connectivity index (χ4v) is 1.86. The number of nitriles is 1. The Hall–Kier alpha value is -1.56. The van der Waals surface area contributed by atoms with Crippen molar-refractivity contribution in [1.82, 2.24) is 4.57 Å². The van der Waals surface area contributed by atoms with Crippen LogP contribution >= 0.6 is 0 Å². The van der Waals surface area contributed by atoms with E-state index in [1.54, 1.807) is 10.6 Å². The van der Waals surface area contributed by atoms with Crippen LogP contribution in [0.15, 0.2) is 16.9 Å². The lowest BCUT2D eigenvalue weighted by Crippen LogP contribution is -2.32. The molecule has 1 aromatic heterocycles. The molecule has 0 spiro atoms. The Morgan fingerprint density at radius 3 is 2.35 bits per heavy atom. The number of nitrogens with zero attached hydrogens (tertiary/aromatic N) is 2. The molecule has 3 heteroatoms. The van der Waals surface area contributed by atoms with Gasteiger partial charge in [-0.2, -0.15) is 5.26 Å². The minimum absolute atomic E-state index is 0.0952. The number of pyridine rings is 1. The average Bonchev–Trinajstić information content (AvgIpc) is 2.18. The Balaban J connectivity index is 3.48. The molecule has 17 heavy (non-hydrogen) atoms. The van der Waals surface area contributed by atoms with Crippen LogP contribution < -0.4 is 5.56 Å². The Morgan fingerprint density at radius 1 is 1.35 bits per heavy atom. The molecule has 1 aromatic rings. The van der Waals surface area contributed by atoms with E-state index in [1.165, 1.54) is 0 Å². The second-order valence-electron chi connectivity index (χ2n) is 5.80. The van der Waals surface area contributed by atoms with Crippen LogP contribution in [0.3, 0.4) is 0 Å². The quantitative estimate of drug-likeness (QED) is 0.787. The van der Waals surface area contributed by atoms with Crippen LogP contribution in [0.4, 0.5) is 0 Å². The van der Waals surface area contributed by atoms with Crippen LogP contribution in [-0.4, -0.2) is 4.57 Å². The Morgan fingerprint density at radius 2 is 1.94 bits per heavy atom. The summed E-state index contributed by atoms with van der Waals surface area (Å²) in [7, 11) is 0. The first-order valence-corrected chi connectivity index (χ1v) is 5.91. The molecule has 0 saturated carbocycles. The van der Waals surface area contributed by atoms with Crippen LogP contribution in [0.25, 0.3) is 0 Å². The summed E-state index contributed by atoms with van der Waals surface area (Å²) in [6, 6.07) is 5.47. The average molecular weight is 232 g/mol. The van der Waals surface area contributed by atoms with Crippen molar-refractivity contribution in [3.63, 3.8) is 0 Å². The smallest absolute Gasteiger partial charge is 0.268 e. The predicted octanol–water partition coefficient (Wildman–Crippen LogP) is 2.67. The molecule has 0 aromatic carbocycles. The molecule has 0 aliphatic carbocycles. The molecule has 0 unspecified atom stereocenters. The van der Waals surface area contributed by atoms with Gasteiger partial charge in [-0.1, -0.05) is 34.6 Å². The molecule has 0 saturated heterocycles. The molecular weight excluding hydrogens is 212 g/mol. The second-order valence-corrected chi connectivity index (χ2v) is 5.80. The maximum atomic E-state index is 12.1. The van der Waals surface area contributed by atoms with E-state index in [-0.39, 0.29) is 16.5 Å². The first-order valence-electron chi connectivity index (χ1n) is 5.91. The third-order valence-electron chi connectivity index (χ3n) is 2.61. The molecule has 3 nitrogen and oxygen atoms in total. The maximum Gasteiger partial charge on any atom is 0.268 e. The van der Waals surface area contributed by atoms with Gasteiger partial charge in [-0.25, -0.2) is 0 Å². The molecule has 92 valence electrons. The minimum Gasteiger partial charge on any atom is -0.311 e. The van der Waals surface area contributed by atoms with Crippen LogP contribution in [0, 0.1) is 17.2 Å². The second kappa shape index (κ2) is 4.75. The lowest BCUT2D eigenvalue weighted by molar-refractivity contribution is 0.447. The SMILES string of the molecule is CC(C)Cn1c(C(C)(C)C)ccc(C#N)c1=O. The van der Waals surface area contributed by atoms with Crippen molar-refractivity contribution in [3.8, 4) is 6.07 Å². The zero-order valence-corrected chi connectivity index (χ0v) is 11.2. The highest BCUT2D eigenvalue weighted by atomic mass is 16.1. The van der Waals surface area contributed by atoms with Crippen molar-refractivity contribution < 1.29 is 0 Å². The lowest BCUT2D eigenvalue weighted by Gasteiger charge is -2.25. The van der Waals surface area contributed by atoms with Gasteiger partial charge >= 0.3 is 0 Å². The topological polar surface area (TPSA) is 45.8 Å². The van der Waals surface area contributed by atoms with Gasteiger partial charge in [0.1, 0.15) is 11.6 Å². The van der Waals surface area contributed by atoms with Crippen molar-refractivity contribution in [1.29, 1.82) is 5.26 Å². The number of rotatable bonds is 2. The molecule has 0 bridgehead atoms. The highest BCUT2D eigenvalue weighted by molar-refractivity contribution is 5.29. The number of aromatic nitrogens is 1. The largest absolute Gasteiger partial charge is 0.311 e. The van der Waals surface area contributed by atoms with E-state index >= 15 is 0 Å². The normalized spacial score (nSPS) is 11.6. The van der Waals surface area contributed by atoms with Gasteiger partial charge in [-0.05, 0) is 18.1 Å². The van der Waals surface area contributed by atoms with Crippen LogP contribution in [0.2, 0.25) is 0 Å². The third-order valence-corrected chi connectivity index (χ3v) is 2.61. The first kappa shape index (κ1) is 13.5. The van der Waals surface area contributed by atoms with E-state index in [0.717, 1.165) is 5.69 Å². The van der Waals surface area contributed by atoms with E-state index in [9.17, 15) is 4.79 Å². The highest BCUT2D eigenvalue weighted by Crippen LogP contribution is 2.21. The minimum atomic E-state index is -0.173. The van der Waals surface area contributed by atoms with Crippen LogP contribution in [-0.2, 0) is 12.0 Å². The molecule has 0 aliphatic heterocycles.